The molecule has 0 aromatic heterocycles. The van der Waals surface area contributed by atoms with Crippen LogP contribution < -0.4 is 0 Å². The van der Waals surface area contributed by atoms with E-state index in [-0.39, 0.29) is 5.41 Å². The van der Waals surface area contributed by atoms with Gasteiger partial charge >= 0.3 is 0 Å². The van der Waals surface area contributed by atoms with Gasteiger partial charge < -0.3 is 4.90 Å². The Labute approximate surface area is 113 Å². The molecule has 1 saturated heterocycles. The maximum absolute atomic E-state index is 8.97. The molecule has 3 heteroatoms. The van der Waals surface area contributed by atoms with Crippen LogP contribution in [-0.4, -0.2) is 48.6 Å². The lowest BCUT2D eigenvalue weighted by atomic mass is 9.89. The first-order chi connectivity index (χ1) is 8.48. The molecule has 0 aliphatic carbocycles. The highest BCUT2D eigenvalue weighted by Gasteiger charge is 2.22. The molecule has 0 aromatic carbocycles. The van der Waals surface area contributed by atoms with Gasteiger partial charge in [-0.05, 0) is 46.7 Å². The van der Waals surface area contributed by atoms with E-state index in [4.69, 9.17) is 5.26 Å². The molecule has 0 spiro atoms. The zero-order valence-corrected chi connectivity index (χ0v) is 12.6. The summed E-state index contributed by atoms with van der Waals surface area (Å²) in [6.07, 6.45) is 3.42. The van der Waals surface area contributed by atoms with Crippen LogP contribution in [0, 0.1) is 16.7 Å². The lowest BCUT2D eigenvalue weighted by Crippen LogP contribution is -2.51. The van der Waals surface area contributed by atoms with Gasteiger partial charge in [0.05, 0.1) is 11.5 Å². The van der Waals surface area contributed by atoms with Crippen LogP contribution in [0.1, 0.15) is 47.0 Å². The molecular weight excluding hydrogens is 222 g/mol. The second-order valence-electron chi connectivity index (χ2n) is 6.23. The van der Waals surface area contributed by atoms with E-state index in [1.54, 1.807) is 0 Å². The van der Waals surface area contributed by atoms with Gasteiger partial charge in [-0.3, -0.25) is 4.90 Å². The van der Waals surface area contributed by atoms with Crippen LogP contribution in [0.2, 0.25) is 0 Å². The number of hydrogen-bond donors (Lipinski definition) is 0. The van der Waals surface area contributed by atoms with Crippen LogP contribution in [0.4, 0.5) is 0 Å². The molecule has 1 fully saturated rings. The van der Waals surface area contributed by atoms with Crippen molar-refractivity contribution >= 4 is 0 Å². The van der Waals surface area contributed by atoms with Crippen LogP contribution in [0.5, 0.6) is 0 Å². The van der Waals surface area contributed by atoms with E-state index in [0.717, 1.165) is 6.42 Å². The van der Waals surface area contributed by atoms with E-state index in [0.29, 0.717) is 6.04 Å². The number of nitriles is 1. The standard InChI is InChI=1S/C15H29N3/c1-5-18-11-10-17(12-14(18)2)9-7-6-8-15(3,4)13-16/h14H,5-12H2,1-4H3. The van der Waals surface area contributed by atoms with Crippen molar-refractivity contribution in [2.75, 3.05) is 32.7 Å². The average molecular weight is 251 g/mol. The van der Waals surface area contributed by atoms with Crippen molar-refractivity contribution in [1.29, 1.82) is 5.26 Å². The lowest BCUT2D eigenvalue weighted by molar-refractivity contribution is 0.0865. The Morgan fingerprint density at radius 3 is 2.56 bits per heavy atom. The molecule has 1 heterocycles. The molecule has 0 radical (unpaired) electrons. The first kappa shape index (κ1) is 15.5. The maximum atomic E-state index is 8.97. The quantitative estimate of drug-likeness (QED) is 0.680. The third-order valence-electron chi connectivity index (χ3n) is 4.08. The summed E-state index contributed by atoms with van der Waals surface area (Å²) >= 11 is 0. The van der Waals surface area contributed by atoms with Crippen LogP contribution in [0.25, 0.3) is 0 Å². The lowest BCUT2D eigenvalue weighted by Gasteiger charge is -2.39. The van der Waals surface area contributed by atoms with E-state index < -0.39 is 0 Å². The van der Waals surface area contributed by atoms with Gasteiger partial charge in [-0.2, -0.15) is 5.26 Å². The van der Waals surface area contributed by atoms with Crippen molar-refractivity contribution in [2.24, 2.45) is 5.41 Å². The smallest absolute Gasteiger partial charge is 0.0683 e. The van der Waals surface area contributed by atoms with E-state index in [2.05, 4.69) is 29.7 Å². The van der Waals surface area contributed by atoms with Gasteiger partial charge in [0.1, 0.15) is 0 Å². The third kappa shape index (κ3) is 4.96. The number of hydrogen-bond acceptors (Lipinski definition) is 3. The van der Waals surface area contributed by atoms with Crippen LogP contribution in [0.15, 0.2) is 0 Å². The van der Waals surface area contributed by atoms with Gasteiger partial charge in [-0.15, -0.1) is 0 Å². The van der Waals surface area contributed by atoms with Gasteiger partial charge in [0.15, 0.2) is 0 Å². The molecular formula is C15H29N3. The number of nitrogens with zero attached hydrogens (tertiary/aromatic N) is 3. The highest BCUT2D eigenvalue weighted by molar-refractivity contribution is 4.91. The van der Waals surface area contributed by atoms with Crippen molar-refractivity contribution in [2.45, 2.75) is 53.0 Å². The second kappa shape index (κ2) is 7.11. The number of likely N-dealkylation sites (N-methyl/N-ethyl adjacent to an activating group) is 1. The van der Waals surface area contributed by atoms with E-state index >= 15 is 0 Å². The first-order valence-electron chi connectivity index (χ1n) is 7.36. The minimum Gasteiger partial charge on any atom is -0.301 e. The highest BCUT2D eigenvalue weighted by atomic mass is 15.3. The maximum Gasteiger partial charge on any atom is 0.0683 e. The Bertz CT molecular complexity index is 280. The normalized spacial score (nSPS) is 22.9. The summed E-state index contributed by atoms with van der Waals surface area (Å²) in [5.41, 5.74) is -0.145. The van der Waals surface area contributed by atoms with Gasteiger partial charge in [0, 0.05) is 25.7 Å². The molecule has 1 aliphatic heterocycles. The largest absolute Gasteiger partial charge is 0.301 e. The van der Waals surface area contributed by atoms with Crippen molar-refractivity contribution in [3.05, 3.63) is 0 Å². The van der Waals surface area contributed by atoms with Gasteiger partial charge in [0.2, 0.25) is 0 Å². The molecule has 0 bridgehead atoms. The average Bonchev–Trinajstić information content (AvgIpc) is 2.35. The molecule has 104 valence electrons. The van der Waals surface area contributed by atoms with Crippen LogP contribution >= 0.6 is 0 Å². The summed E-state index contributed by atoms with van der Waals surface area (Å²) in [6, 6.07) is 3.07. The van der Waals surface area contributed by atoms with Crippen LogP contribution in [0.3, 0.4) is 0 Å². The van der Waals surface area contributed by atoms with E-state index in [1.807, 2.05) is 13.8 Å². The predicted octanol–water partition coefficient (Wildman–Crippen LogP) is 2.73. The fourth-order valence-corrected chi connectivity index (χ4v) is 2.70. The molecule has 18 heavy (non-hydrogen) atoms. The molecule has 0 aromatic rings. The minimum atomic E-state index is -0.145. The molecule has 1 rings (SSSR count). The fraction of sp³-hybridized carbons (Fsp3) is 0.933. The van der Waals surface area contributed by atoms with E-state index in [1.165, 1.54) is 45.6 Å². The second-order valence-corrected chi connectivity index (χ2v) is 6.23. The van der Waals surface area contributed by atoms with Gasteiger partial charge in [0.25, 0.3) is 0 Å². The van der Waals surface area contributed by atoms with Crippen molar-refractivity contribution < 1.29 is 0 Å². The summed E-state index contributed by atoms with van der Waals surface area (Å²) in [7, 11) is 0. The molecule has 0 amide bonds. The topological polar surface area (TPSA) is 30.3 Å². The third-order valence-corrected chi connectivity index (χ3v) is 4.08. The molecule has 3 nitrogen and oxygen atoms in total. The predicted molar refractivity (Wildman–Crippen MR) is 76.4 cm³/mol. The van der Waals surface area contributed by atoms with Crippen LogP contribution in [-0.2, 0) is 0 Å². The first-order valence-corrected chi connectivity index (χ1v) is 7.36. The Morgan fingerprint density at radius 1 is 1.28 bits per heavy atom. The zero-order chi connectivity index (χ0) is 13.6. The SMILES string of the molecule is CCN1CCN(CCCCC(C)(C)C#N)CC1C. The summed E-state index contributed by atoms with van der Waals surface area (Å²) in [6.45, 7) is 14.6. The number of unbranched alkanes of at least 4 members (excludes halogenated alkanes) is 1. The summed E-state index contributed by atoms with van der Waals surface area (Å²) < 4.78 is 0. The van der Waals surface area contributed by atoms with Crippen molar-refractivity contribution in [3.8, 4) is 6.07 Å². The number of piperazine rings is 1. The van der Waals surface area contributed by atoms with Crippen molar-refractivity contribution in [3.63, 3.8) is 0 Å². The Morgan fingerprint density at radius 2 is 2.00 bits per heavy atom. The molecule has 0 saturated carbocycles. The Kier molecular flexibility index (Phi) is 6.11. The monoisotopic (exact) mass is 251 g/mol. The van der Waals surface area contributed by atoms with Crippen molar-refractivity contribution in [1.82, 2.24) is 9.80 Å². The molecule has 0 N–H and O–H groups in total. The summed E-state index contributed by atoms with van der Waals surface area (Å²) in [5.74, 6) is 0. The summed E-state index contributed by atoms with van der Waals surface area (Å²) in [5, 5.41) is 8.97. The zero-order valence-electron chi connectivity index (χ0n) is 12.6. The molecule has 1 unspecified atom stereocenters. The Hall–Kier alpha value is -0.590. The van der Waals surface area contributed by atoms with Gasteiger partial charge in [-0.25, -0.2) is 0 Å². The highest BCUT2D eigenvalue weighted by Crippen LogP contribution is 2.21. The fourth-order valence-electron chi connectivity index (χ4n) is 2.70. The number of rotatable bonds is 6. The van der Waals surface area contributed by atoms with Gasteiger partial charge in [-0.1, -0.05) is 13.3 Å². The molecule has 1 aliphatic rings. The van der Waals surface area contributed by atoms with E-state index in [9.17, 15) is 0 Å². The molecule has 1 atom stereocenters. The summed E-state index contributed by atoms with van der Waals surface area (Å²) in [4.78, 5) is 5.13. The minimum absolute atomic E-state index is 0.145. The Balaban J connectivity index is 2.16.